The van der Waals surface area contributed by atoms with Gasteiger partial charge in [0, 0.05) is 30.8 Å². The third-order valence-electron chi connectivity index (χ3n) is 6.18. The van der Waals surface area contributed by atoms with E-state index in [1.54, 1.807) is 0 Å². The number of nitrogen functional groups attached to an aromatic ring is 1. The number of oxime groups is 1. The summed E-state index contributed by atoms with van der Waals surface area (Å²) in [7, 11) is 0. The maximum atomic E-state index is 13.0. The van der Waals surface area contributed by atoms with Gasteiger partial charge in [0.25, 0.3) is 23.0 Å². The smallest absolute Gasteiger partial charge is 0.360 e. The molecule has 0 aliphatic carbocycles. The Morgan fingerprint density at radius 2 is 2.02 bits per heavy atom. The molecule has 0 radical (unpaired) electrons. The van der Waals surface area contributed by atoms with Crippen LogP contribution in [0.15, 0.2) is 32.4 Å². The molecule has 1 aliphatic rings. The number of nitrogens with zero attached hydrogens (tertiary/aromatic N) is 6. The minimum absolute atomic E-state index is 0.0448. The van der Waals surface area contributed by atoms with Crippen molar-refractivity contribution in [3.63, 3.8) is 0 Å². The summed E-state index contributed by atoms with van der Waals surface area (Å²) in [5.41, 5.74) is 1.37. The molecule has 4 rings (SSSR count). The Bertz CT molecular complexity index is 1880. The zero-order chi connectivity index (χ0) is 33.9. The van der Waals surface area contributed by atoms with Gasteiger partial charge in [-0.2, -0.15) is 0 Å². The minimum atomic E-state index is -2.69. The number of nitrogens with one attached hydrogen (secondary N) is 3. The number of hydrogen-bond donors (Lipinski definition) is 7. The number of imide groups is 1. The Balaban J connectivity index is 1.46. The van der Waals surface area contributed by atoms with Gasteiger partial charge < -0.3 is 36.2 Å². The molecule has 4 amide bonds. The van der Waals surface area contributed by atoms with Crippen molar-refractivity contribution in [1.29, 1.82) is 0 Å². The molecule has 3 aromatic heterocycles. The van der Waals surface area contributed by atoms with Crippen LogP contribution in [-0.4, -0.2) is 102 Å². The molecule has 46 heavy (non-hydrogen) atoms. The van der Waals surface area contributed by atoms with E-state index in [0.29, 0.717) is 8.99 Å². The third kappa shape index (κ3) is 6.94. The van der Waals surface area contributed by atoms with Crippen LogP contribution in [-0.2, 0) is 36.9 Å². The molecule has 1 aliphatic heterocycles. The summed E-state index contributed by atoms with van der Waals surface area (Å²) in [5, 5.41) is 39.2. The summed E-state index contributed by atoms with van der Waals surface area (Å²) in [6.07, 6.45) is 1.02. The van der Waals surface area contributed by atoms with Gasteiger partial charge in [0.1, 0.15) is 11.7 Å². The number of hydrogen-bond acceptors (Lipinski definition) is 15. The quantitative estimate of drug-likeness (QED) is 0.0580. The normalized spacial score (nSPS) is 15.6. The molecule has 21 nitrogen and oxygen atoms in total. The summed E-state index contributed by atoms with van der Waals surface area (Å²) in [6.45, 7) is 1.52. The third-order valence-corrected chi connectivity index (χ3v) is 7.76. The number of aromatic nitrogens is 5. The van der Waals surface area contributed by atoms with E-state index >= 15 is 0 Å². The highest BCUT2D eigenvalue weighted by molar-refractivity contribution is 7.81. The fourth-order valence-electron chi connectivity index (χ4n) is 3.62. The monoisotopic (exact) mass is 682 g/mol. The molecular weight excluding hydrogens is 656 g/mol. The van der Waals surface area contributed by atoms with Crippen LogP contribution in [0.1, 0.15) is 26.0 Å². The molecule has 0 aromatic carbocycles. The molecule has 1 saturated heterocycles. The molecule has 2 atom stereocenters. The van der Waals surface area contributed by atoms with Crippen molar-refractivity contribution < 1.29 is 43.5 Å². The summed E-state index contributed by atoms with van der Waals surface area (Å²) < 4.78 is 16.2. The van der Waals surface area contributed by atoms with E-state index in [1.807, 2.05) is 4.72 Å². The topological polar surface area (TPSA) is 307 Å². The average molecular weight is 683 g/mol. The summed E-state index contributed by atoms with van der Waals surface area (Å²) in [5.74, 6) is -4.13. The first-order valence-corrected chi connectivity index (χ1v) is 14.9. The van der Waals surface area contributed by atoms with Gasteiger partial charge in [0.2, 0.25) is 11.0 Å². The van der Waals surface area contributed by atoms with Crippen LogP contribution in [0, 0.1) is 0 Å². The zero-order valence-electron chi connectivity index (χ0n) is 23.8. The number of rotatable bonds is 12. The molecule has 246 valence electrons. The molecule has 23 heteroatoms. The molecule has 0 bridgehead atoms. The minimum Gasteiger partial charge on any atom is -0.503 e. The molecule has 0 spiro atoms. The van der Waals surface area contributed by atoms with Gasteiger partial charge in [0.05, 0.1) is 12.2 Å². The average Bonchev–Trinajstić information content (AvgIpc) is 3.57. The number of nitrogens with two attached hydrogens (primary N) is 1. The number of carbonyl (C=O) groups excluding carboxylic acids is 3. The number of amides is 4. The number of aliphatic hydroxyl groups is 1. The number of anilines is 1. The number of carboxylic acids is 1. The summed E-state index contributed by atoms with van der Waals surface area (Å²) >= 11 is -1.74. The van der Waals surface area contributed by atoms with Gasteiger partial charge in [0.15, 0.2) is 22.4 Å². The number of aliphatic carboxylic acids is 1. The largest absolute Gasteiger partial charge is 0.503 e. The first-order valence-electron chi connectivity index (χ1n) is 12.9. The van der Waals surface area contributed by atoms with Gasteiger partial charge in [-0.05, 0) is 20.3 Å². The zero-order valence-corrected chi connectivity index (χ0v) is 25.5. The number of aromatic hydroxyl groups is 1. The predicted octanol–water partition coefficient (Wildman–Crippen LogP) is -2.73. The van der Waals surface area contributed by atoms with Crippen molar-refractivity contribution in [2.45, 2.75) is 38.5 Å². The van der Waals surface area contributed by atoms with Crippen LogP contribution >= 0.6 is 11.3 Å². The van der Waals surface area contributed by atoms with Crippen molar-refractivity contribution in [1.82, 2.24) is 38.7 Å². The fraction of sp³-hybridized carbons (Fsp3) is 0.348. The van der Waals surface area contributed by atoms with Crippen LogP contribution < -0.4 is 26.9 Å². The second kappa shape index (κ2) is 13.3. The highest BCUT2D eigenvalue weighted by Gasteiger charge is 2.43. The number of carboxylic acid groups (broad SMARTS) is 1. The van der Waals surface area contributed by atoms with E-state index in [9.17, 15) is 48.3 Å². The number of likely N-dealkylation sites (tertiary alicyclic amines) is 1. The number of urea groups is 1. The molecule has 0 saturated carbocycles. The number of thiazole rings is 1. The van der Waals surface area contributed by atoms with Crippen LogP contribution in [0.25, 0.3) is 11.5 Å². The Hall–Kier alpha value is -5.42. The van der Waals surface area contributed by atoms with Crippen molar-refractivity contribution in [2.75, 3.05) is 18.9 Å². The second-order valence-corrected chi connectivity index (χ2v) is 11.8. The van der Waals surface area contributed by atoms with Gasteiger partial charge in [-0.1, -0.05) is 5.16 Å². The van der Waals surface area contributed by atoms with Gasteiger partial charge >= 0.3 is 17.7 Å². The van der Waals surface area contributed by atoms with Crippen molar-refractivity contribution in [2.24, 2.45) is 5.16 Å². The van der Waals surface area contributed by atoms with Crippen LogP contribution in [0.3, 0.4) is 0 Å². The lowest BCUT2D eigenvalue weighted by molar-refractivity contribution is -0.161. The van der Waals surface area contributed by atoms with E-state index in [1.165, 1.54) is 19.2 Å². The maximum Gasteiger partial charge on any atom is 0.360 e. The van der Waals surface area contributed by atoms with Crippen molar-refractivity contribution in [3.05, 3.63) is 44.0 Å². The number of pyridine rings is 1. The van der Waals surface area contributed by atoms with Gasteiger partial charge in [-0.3, -0.25) is 23.9 Å². The highest BCUT2D eigenvalue weighted by atomic mass is 32.2. The number of β-lactam (4-membered cyclic amide) rings is 1. The van der Waals surface area contributed by atoms with Gasteiger partial charge in [-0.25, -0.2) is 28.3 Å². The first-order chi connectivity index (χ1) is 21.6. The predicted molar refractivity (Wildman–Crippen MR) is 157 cm³/mol. The maximum absolute atomic E-state index is 13.0. The molecule has 3 aromatic rings. The molecule has 1 fully saturated rings. The number of aromatic amines is 1. The van der Waals surface area contributed by atoms with E-state index in [-0.39, 0.29) is 41.9 Å². The van der Waals surface area contributed by atoms with E-state index in [4.69, 9.17) is 10.6 Å². The van der Waals surface area contributed by atoms with E-state index in [0.717, 1.165) is 28.2 Å². The van der Waals surface area contributed by atoms with Gasteiger partial charge in [-0.15, -0.1) is 20.5 Å². The lowest BCUT2D eigenvalue weighted by atomic mass is 10.1. The van der Waals surface area contributed by atoms with E-state index in [2.05, 4.69) is 25.5 Å². The highest BCUT2D eigenvalue weighted by Crippen LogP contribution is 2.17. The Kier molecular flexibility index (Phi) is 9.67. The van der Waals surface area contributed by atoms with Crippen LogP contribution in [0.4, 0.5) is 9.93 Å². The molecule has 1 unspecified atom stereocenters. The Morgan fingerprint density at radius 3 is 2.61 bits per heavy atom. The first kappa shape index (κ1) is 33.5. The van der Waals surface area contributed by atoms with Crippen molar-refractivity contribution >= 4 is 57.2 Å². The Labute approximate surface area is 263 Å². The second-order valence-electron chi connectivity index (χ2n) is 9.85. The molecule has 8 N–H and O–H groups in total. The fourth-order valence-corrected chi connectivity index (χ4v) is 4.91. The van der Waals surface area contributed by atoms with Crippen LogP contribution in [0.5, 0.6) is 5.75 Å². The number of carbonyl (C=O) groups is 4. The van der Waals surface area contributed by atoms with Crippen molar-refractivity contribution in [3.8, 4) is 17.3 Å². The Morgan fingerprint density at radius 1 is 1.30 bits per heavy atom. The molecular formula is C23H26N10O11S2. The van der Waals surface area contributed by atoms with E-state index < -0.39 is 75.8 Å². The number of aliphatic hydroxyl groups excluding tert-OH is 1. The SMILES string of the molecule is CC(C)(O/N=C(\C(=O)N[C@H]1CN(C(=O)NS(=O)n2nc(-c3cc(=O)c(O)c[nH]3)n(CCCO)c2=O)C1=O)c1csc(N)n1)C(=O)O. The number of H-pyrrole nitrogens is 1. The summed E-state index contributed by atoms with van der Waals surface area (Å²) in [4.78, 5) is 86.7. The van der Waals surface area contributed by atoms with Crippen LogP contribution in [0.2, 0.25) is 0 Å². The summed E-state index contributed by atoms with van der Waals surface area (Å²) in [6, 6.07) is -1.54. The lowest BCUT2D eigenvalue weighted by Crippen LogP contribution is -2.67. The lowest BCUT2D eigenvalue weighted by Gasteiger charge is -2.36. The molecule has 4 heterocycles. The standard InChI is InChI=1S/C23H26N10O11S2/c1-23(2,19(39)40)44-29-15(12-9-45-20(24)27-12)17(37)26-11-8-32(18(11)38)21(41)30-46(43)33-22(42)31(4-3-5-34)16(28-33)10-6-13(35)14(36)7-25-10/h6-7,9,11,34,36H,3-5,8H2,1-2H3,(H2,24,27)(H,25,35)(H,26,37)(H,30,41)(H,39,40)/b29-15-/t11-,46?/m0/s1.